The first-order valence-electron chi connectivity index (χ1n) is 3.48. The van der Waals surface area contributed by atoms with E-state index >= 15 is 0 Å². The van der Waals surface area contributed by atoms with Crippen molar-refractivity contribution < 1.29 is 14.3 Å². The topological polar surface area (TPSA) is 43.4 Å². The molecule has 0 fully saturated rings. The Balaban J connectivity index is 3.68. The minimum absolute atomic E-state index is 0.179. The standard InChI is InChI=1S/C8H12O3/c1-3-11-8(10)5-4-7(2)6-9/h4,6H,3,5H2,1-2H3/b7-4-. The van der Waals surface area contributed by atoms with E-state index in [0.29, 0.717) is 18.5 Å². The molecule has 0 spiro atoms. The van der Waals surface area contributed by atoms with Gasteiger partial charge in [-0.05, 0) is 19.4 Å². The lowest BCUT2D eigenvalue weighted by atomic mass is 10.3. The number of aldehydes is 1. The van der Waals surface area contributed by atoms with Crippen LogP contribution in [0, 0.1) is 0 Å². The fourth-order valence-corrected chi connectivity index (χ4v) is 0.512. The summed E-state index contributed by atoms with van der Waals surface area (Å²) in [6.07, 6.45) is 2.43. The molecule has 0 heterocycles. The maximum Gasteiger partial charge on any atom is 0.309 e. The SMILES string of the molecule is CCOC(=O)C/C=C(/C)C=O. The predicted octanol–water partition coefficient (Wildman–Crippen LogP) is 1.08. The Kier molecular flexibility index (Phi) is 5.07. The molecule has 0 atom stereocenters. The molecule has 0 saturated heterocycles. The van der Waals surface area contributed by atoms with E-state index in [1.165, 1.54) is 0 Å². The second-order valence-electron chi connectivity index (χ2n) is 2.08. The molecule has 0 amide bonds. The van der Waals surface area contributed by atoms with Gasteiger partial charge < -0.3 is 4.74 Å². The van der Waals surface area contributed by atoms with Crippen molar-refractivity contribution in [3.63, 3.8) is 0 Å². The van der Waals surface area contributed by atoms with Gasteiger partial charge in [-0.2, -0.15) is 0 Å². The van der Waals surface area contributed by atoms with Crippen LogP contribution in [0.25, 0.3) is 0 Å². The number of carbonyl (C=O) groups excluding carboxylic acids is 2. The van der Waals surface area contributed by atoms with Crippen LogP contribution in [0.2, 0.25) is 0 Å². The van der Waals surface area contributed by atoms with Gasteiger partial charge in [-0.1, -0.05) is 6.08 Å². The summed E-state index contributed by atoms with van der Waals surface area (Å²) in [4.78, 5) is 20.7. The number of rotatable bonds is 4. The highest BCUT2D eigenvalue weighted by atomic mass is 16.5. The first-order chi connectivity index (χ1) is 5.20. The lowest BCUT2D eigenvalue weighted by molar-refractivity contribution is -0.142. The third-order valence-electron chi connectivity index (χ3n) is 1.08. The van der Waals surface area contributed by atoms with Gasteiger partial charge in [0.1, 0.15) is 6.29 Å². The Morgan fingerprint density at radius 2 is 2.18 bits per heavy atom. The largest absolute Gasteiger partial charge is 0.466 e. The van der Waals surface area contributed by atoms with Gasteiger partial charge in [-0.25, -0.2) is 0 Å². The van der Waals surface area contributed by atoms with E-state index in [1.54, 1.807) is 19.9 Å². The average molecular weight is 156 g/mol. The Hall–Kier alpha value is -1.12. The molecule has 0 aliphatic heterocycles. The van der Waals surface area contributed by atoms with Crippen LogP contribution in [0.4, 0.5) is 0 Å². The molecular weight excluding hydrogens is 144 g/mol. The molecule has 0 rings (SSSR count). The van der Waals surface area contributed by atoms with Gasteiger partial charge >= 0.3 is 5.97 Å². The Bertz CT molecular complexity index is 170. The second kappa shape index (κ2) is 5.65. The molecule has 0 aliphatic carbocycles. The zero-order chi connectivity index (χ0) is 8.69. The monoisotopic (exact) mass is 156 g/mol. The van der Waals surface area contributed by atoms with E-state index < -0.39 is 0 Å². The summed E-state index contributed by atoms with van der Waals surface area (Å²) in [5, 5.41) is 0. The molecule has 0 bridgehead atoms. The van der Waals surface area contributed by atoms with Crippen LogP contribution in [-0.2, 0) is 14.3 Å². The van der Waals surface area contributed by atoms with Crippen molar-refractivity contribution >= 4 is 12.3 Å². The fraction of sp³-hybridized carbons (Fsp3) is 0.500. The Morgan fingerprint density at radius 3 is 2.64 bits per heavy atom. The molecule has 3 heteroatoms. The minimum Gasteiger partial charge on any atom is -0.466 e. The highest BCUT2D eigenvalue weighted by molar-refractivity contribution is 5.76. The summed E-state index contributed by atoms with van der Waals surface area (Å²) >= 11 is 0. The molecule has 0 aliphatic rings. The zero-order valence-electron chi connectivity index (χ0n) is 6.79. The molecule has 11 heavy (non-hydrogen) atoms. The predicted molar refractivity (Wildman–Crippen MR) is 41.1 cm³/mol. The highest BCUT2D eigenvalue weighted by Gasteiger charge is 1.96. The molecule has 0 aromatic rings. The van der Waals surface area contributed by atoms with E-state index in [4.69, 9.17) is 0 Å². The molecule has 0 radical (unpaired) electrons. The minimum atomic E-state index is -0.297. The summed E-state index contributed by atoms with van der Waals surface area (Å²) in [5.41, 5.74) is 0.554. The molecule has 0 aromatic carbocycles. The third kappa shape index (κ3) is 5.33. The Morgan fingerprint density at radius 1 is 1.55 bits per heavy atom. The van der Waals surface area contributed by atoms with E-state index in [0.717, 1.165) is 0 Å². The lowest BCUT2D eigenvalue weighted by Gasteiger charge is -1.96. The van der Waals surface area contributed by atoms with Gasteiger partial charge in [0.15, 0.2) is 0 Å². The lowest BCUT2D eigenvalue weighted by Crippen LogP contribution is -2.01. The van der Waals surface area contributed by atoms with Gasteiger partial charge in [0, 0.05) is 0 Å². The van der Waals surface area contributed by atoms with Crippen molar-refractivity contribution in [2.75, 3.05) is 6.61 Å². The first-order valence-corrected chi connectivity index (χ1v) is 3.48. The number of hydrogen-bond acceptors (Lipinski definition) is 3. The van der Waals surface area contributed by atoms with E-state index in [-0.39, 0.29) is 12.4 Å². The molecule has 0 unspecified atom stereocenters. The number of hydrogen-bond donors (Lipinski definition) is 0. The van der Waals surface area contributed by atoms with Crippen molar-refractivity contribution in [3.05, 3.63) is 11.6 Å². The van der Waals surface area contributed by atoms with E-state index in [9.17, 15) is 9.59 Å². The smallest absolute Gasteiger partial charge is 0.309 e. The number of esters is 1. The zero-order valence-corrected chi connectivity index (χ0v) is 6.79. The van der Waals surface area contributed by atoms with Gasteiger partial charge in [-0.3, -0.25) is 9.59 Å². The van der Waals surface area contributed by atoms with Gasteiger partial charge in [0.25, 0.3) is 0 Å². The summed E-state index contributed by atoms with van der Waals surface area (Å²) in [6, 6.07) is 0. The van der Waals surface area contributed by atoms with Crippen LogP contribution in [0.1, 0.15) is 20.3 Å². The van der Waals surface area contributed by atoms with Crippen molar-refractivity contribution in [2.24, 2.45) is 0 Å². The van der Waals surface area contributed by atoms with Gasteiger partial charge in [0.05, 0.1) is 13.0 Å². The van der Waals surface area contributed by atoms with Crippen LogP contribution in [-0.4, -0.2) is 18.9 Å². The maximum atomic E-state index is 10.7. The van der Waals surface area contributed by atoms with Crippen LogP contribution in [0.3, 0.4) is 0 Å². The molecule has 0 N–H and O–H groups in total. The van der Waals surface area contributed by atoms with Crippen LogP contribution >= 0.6 is 0 Å². The second-order valence-corrected chi connectivity index (χ2v) is 2.08. The number of allylic oxidation sites excluding steroid dienone is 1. The summed E-state index contributed by atoms with van der Waals surface area (Å²) < 4.78 is 4.64. The van der Waals surface area contributed by atoms with E-state index in [1.807, 2.05) is 0 Å². The number of ether oxygens (including phenoxy) is 1. The van der Waals surface area contributed by atoms with Crippen LogP contribution in [0.15, 0.2) is 11.6 Å². The third-order valence-corrected chi connectivity index (χ3v) is 1.08. The normalized spacial score (nSPS) is 10.9. The average Bonchev–Trinajstić information content (AvgIpc) is 2.01. The summed E-state index contributed by atoms with van der Waals surface area (Å²) in [6.45, 7) is 3.77. The van der Waals surface area contributed by atoms with Crippen molar-refractivity contribution in [3.8, 4) is 0 Å². The Labute approximate surface area is 66.0 Å². The highest BCUT2D eigenvalue weighted by Crippen LogP contribution is 1.93. The molecule has 62 valence electrons. The maximum absolute atomic E-state index is 10.7. The van der Waals surface area contributed by atoms with Crippen LogP contribution < -0.4 is 0 Å². The summed E-state index contributed by atoms with van der Waals surface area (Å²) in [5.74, 6) is -0.297. The van der Waals surface area contributed by atoms with Gasteiger partial charge in [0.2, 0.25) is 0 Å². The quantitative estimate of drug-likeness (QED) is 0.347. The van der Waals surface area contributed by atoms with Crippen molar-refractivity contribution in [1.29, 1.82) is 0 Å². The van der Waals surface area contributed by atoms with Crippen molar-refractivity contribution in [2.45, 2.75) is 20.3 Å². The first kappa shape index (κ1) is 9.88. The molecular formula is C8H12O3. The van der Waals surface area contributed by atoms with E-state index in [2.05, 4.69) is 4.74 Å². The van der Waals surface area contributed by atoms with Gasteiger partial charge in [-0.15, -0.1) is 0 Å². The number of carbonyl (C=O) groups is 2. The van der Waals surface area contributed by atoms with Crippen molar-refractivity contribution in [1.82, 2.24) is 0 Å². The fourth-order valence-electron chi connectivity index (χ4n) is 0.512. The molecule has 0 aromatic heterocycles. The molecule has 3 nitrogen and oxygen atoms in total. The van der Waals surface area contributed by atoms with Crippen LogP contribution in [0.5, 0.6) is 0 Å². The summed E-state index contributed by atoms with van der Waals surface area (Å²) in [7, 11) is 0. The molecule has 0 saturated carbocycles.